The molecule has 0 heterocycles. The highest BCUT2D eigenvalue weighted by molar-refractivity contribution is 5.98. The molecule has 2 N–H and O–H groups in total. The van der Waals surface area contributed by atoms with Gasteiger partial charge in [0.05, 0.1) is 0 Å². The van der Waals surface area contributed by atoms with Gasteiger partial charge in [-0.1, -0.05) is 34.6 Å². The number of nitrogens with one attached hydrogen (secondary N) is 1. The Bertz CT molecular complexity index is 315. The first-order valence-corrected chi connectivity index (χ1v) is 5.59. The summed E-state index contributed by atoms with van der Waals surface area (Å²) in [7, 11) is 0. The van der Waals surface area contributed by atoms with Crippen LogP contribution >= 0.6 is 0 Å². The maximum Gasteiger partial charge on any atom is 0.316 e. The van der Waals surface area contributed by atoms with Gasteiger partial charge in [-0.3, -0.25) is 9.59 Å². The highest BCUT2D eigenvalue weighted by Gasteiger charge is 2.48. The quantitative estimate of drug-likeness (QED) is 0.720. The predicted octanol–water partition coefficient (Wildman–Crippen LogP) is 1.65. The van der Waals surface area contributed by atoms with Gasteiger partial charge < -0.3 is 10.4 Å². The van der Waals surface area contributed by atoms with Gasteiger partial charge in [0, 0.05) is 6.04 Å². The number of hydrogen-bond acceptors (Lipinski definition) is 2. The van der Waals surface area contributed by atoms with Crippen LogP contribution in [0.3, 0.4) is 0 Å². The summed E-state index contributed by atoms with van der Waals surface area (Å²) in [5.74, 6) is -2.40. The molecule has 4 nitrogen and oxygen atoms in total. The van der Waals surface area contributed by atoms with Crippen molar-refractivity contribution in [2.45, 2.75) is 47.1 Å². The molecule has 0 radical (unpaired) electrons. The molecule has 0 aromatic carbocycles. The van der Waals surface area contributed by atoms with E-state index in [2.05, 4.69) is 19.2 Å². The standard InChI is InChI=1S/C12H21NO3/c1-11(2,3)8(10(15)16)9(14)13-7-6-12(7,4)5/h7-8H,6H2,1-5H3,(H,13,14)(H,15,16). The van der Waals surface area contributed by atoms with E-state index in [-0.39, 0.29) is 17.4 Å². The summed E-state index contributed by atoms with van der Waals surface area (Å²) in [6.07, 6.45) is 0.926. The van der Waals surface area contributed by atoms with Gasteiger partial charge in [0.2, 0.25) is 5.91 Å². The topological polar surface area (TPSA) is 66.4 Å². The average Bonchev–Trinajstić information content (AvgIpc) is 2.52. The first-order valence-electron chi connectivity index (χ1n) is 5.59. The summed E-state index contributed by atoms with van der Waals surface area (Å²) in [5, 5.41) is 11.9. The fourth-order valence-corrected chi connectivity index (χ4v) is 1.84. The minimum Gasteiger partial charge on any atom is -0.481 e. The van der Waals surface area contributed by atoms with Crippen LogP contribution in [0.25, 0.3) is 0 Å². The van der Waals surface area contributed by atoms with Crippen LogP contribution in [0.5, 0.6) is 0 Å². The van der Waals surface area contributed by atoms with Crippen LogP contribution in [0.15, 0.2) is 0 Å². The molecule has 1 rings (SSSR count). The van der Waals surface area contributed by atoms with Crippen LogP contribution in [0.4, 0.5) is 0 Å². The highest BCUT2D eigenvalue weighted by atomic mass is 16.4. The van der Waals surface area contributed by atoms with E-state index in [1.807, 2.05) is 0 Å². The Kier molecular flexibility index (Phi) is 3.05. The Morgan fingerprint density at radius 1 is 1.38 bits per heavy atom. The van der Waals surface area contributed by atoms with E-state index in [1.54, 1.807) is 20.8 Å². The van der Waals surface area contributed by atoms with Gasteiger partial charge in [0.25, 0.3) is 0 Å². The molecule has 0 bridgehead atoms. The number of amides is 1. The second-order valence-corrected chi connectivity index (χ2v) is 6.39. The number of carbonyl (C=O) groups excluding carboxylic acids is 1. The largest absolute Gasteiger partial charge is 0.481 e. The first kappa shape index (κ1) is 13.0. The van der Waals surface area contributed by atoms with Gasteiger partial charge in [-0.15, -0.1) is 0 Å². The van der Waals surface area contributed by atoms with Crippen molar-refractivity contribution in [3.8, 4) is 0 Å². The molecule has 0 aromatic heterocycles. The lowest BCUT2D eigenvalue weighted by Gasteiger charge is -2.26. The number of carboxylic acid groups (broad SMARTS) is 1. The molecule has 0 saturated heterocycles. The Morgan fingerprint density at radius 3 is 2.06 bits per heavy atom. The second-order valence-electron chi connectivity index (χ2n) is 6.39. The lowest BCUT2D eigenvalue weighted by atomic mass is 9.80. The molecule has 0 spiro atoms. The monoisotopic (exact) mass is 227 g/mol. The average molecular weight is 227 g/mol. The minimum absolute atomic E-state index is 0.122. The maximum atomic E-state index is 11.9. The summed E-state index contributed by atoms with van der Waals surface area (Å²) >= 11 is 0. The number of aliphatic carboxylic acids is 1. The molecule has 2 unspecified atom stereocenters. The van der Waals surface area contributed by atoms with E-state index in [0.29, 0.717) is 0 Å². The minimum atomic E-state index is -1.05. The summed E-state index contributed by atoms with van der Waals surface area (Å²) in [5.41, 5.74) is -0.439. The number of rotatable bonds is 3. The summed E-state index contributed by atoms with van der Waals surface area (Å²) < 4.78 is 0. The van der Waals surface area contributed by atoms with E-state index in [0.717, 1.165) is 6.42 Å². The van der Waals surface area contributed by atoms with Crippen molar-refractivity contribution in [2.75, 3.05) is 0 Å². The van der Waals surface area contributed by atoms with Crippen molar-refractivity contribution < 1.29 is 14.7 Å². The second kappa shape index (κ2) is 3.75. The highest BCUT2D eigenvalue weighted by Crippen LogP contribution is 2.45. The van der Waals surface area contributed by atoms with E-state index >= 15 is 0 Å². The van der Waals surface area contributed by atoms with Crippen molar-refractivity contribution in [1.29, 1.82) is 0 Å². The molecule has 1 saturated carbocycles. The summed E-state index contributed by atoms with van der Waals surface area (Å²) in [6.45, 7) is 9.42. The fraction of sp³-hybridized carbons (Fsp3) is 0.833. The Labute approximate surface area is 96.4 Å². The zero-order chi connectivity index (χ0) is 12.7. The van der Waals surface area contributed by atoms with Gasteiger partial charge >= 0.3 is 5.97 Å². The molecule has 2 atom stereocenters. The summed E-state index contributed by atoms with van der Waals surface area (Å²) in [6, 6.07) is 0.129. The molecule has 0 aromatic rings. The Hall–Kier alpha value is -1.06. The lowest BCUT2D eigenvalue weighted by Crippen LogP contribution is -2.44. The third-order valence-corrected chi connectivity index (χ3v) is 3.21. The van der Waals surface area contributed by atoms with Crippen molar-refractivity contribution in [2.24, 2.45) is 16.7 Å². The normalized spacial score (nSPS) is 24.7. The maximum absolute atomic E-state index is 11.9. The number of hydrogen-bond donors (Lipinski definition) is 2. The first-order chi connectivity index (χ1) is 7.05. The zero-order valence-electron chi connectivity index (χ0n) is 10.6. The van der Waals surface area contributed by atoms with Gasteiger partial charge in [-0.05, 0) is 17.3 Å². The van der Waals surface area contributed by atoms with Gasteiger partial charge in [0.15, 0.2) is 0 Å². The van der Waals surface area contributed by atoms with Crippen molar-refractivity contribution >= 4 is 11.9 Å². The van der Waals surface area contributed by atoms with Crippen molar-refractivity contribution in [3.05, 3.63) is 0 Å². The number of carboxylic acids is 1. The Balaban J connectivity index is 2.67. The zero-order valence-corrected chi connectivity index (χ0v) is 10.6. The van der Waals surface area contributed by atoms with Crippen LogP contribution < -0.4 is 5.32 Å². The predicted molar refractivity (Wildman–Crippen MR) is 60.9 cm³/mol. The molecule has 1 aliphatic rings. The molecular formula is C12H21NO3. The van der Waals surface area contributed by atoms with E-state index in [4.69, 9.17) is 5.11 Å². The number of carbonyl (C=O) groups is 2. The van der Waals surface area contributed by atoms with Crippen LogP contribution in [-0.4, -0.2) is 23.0 Å². The molecule has 16 heavy (non-hydrogen) atoms. The van der Waals surface area contributed by atoms with Crippen LogP contribution in [-0.2, 0) is 9.59 Å². The smallest absolute Gasteiger partial charge is 0.316 e. The van der Waals surface area contributed by atoms with Crippen LogP contribution in [0, 0.1) is 16.7 Å². The molecule has 1 fully saturated rings. The Morgan fingerprint density at radius 2 is 1.81 bits per heavy atom. The van der Waals surface area contributed by atoms with Crippen LogP contribution in [0.1, 0.15) is 41.0 Å². The van der Waals surface area contributed by atoms with Crippen LogP contribution in [0.2, 0.25) is 0 Å². The molecule has 1 aliphatic carbocycles. The third kappa shape index (κ3) is 2.74. The van der Waals surface area contributed by atoms with Crippen molar-refractivity contribution in [1.82, 2.24) is 5.32 Å². The molecule has 4 heteroatoms. The molecular weight excluding hydrogens is 206 g/mol. The molecule has 92 valence electrons. The van der Waals surface area contributed by atoms with Gasteiger partial charge in [-0.25, -0.2) is 0 Å². The SMILES string of the molecule is CC(C)(C)C(C(=O)O)C(=O)NC1CC1(C)C. The van der Waals surface area contributed by atoms with Gasteiger partial charge in [0.1, 0.15) is 5.92 Å². The van der Waals surface area contributed by atoms with E-state index in [1.165, 1.54) is 0 Å². The molecule has 1 amide bonds. The fourth-order valence-electron chi connectivity index (χ4n) is 1.84. The summed E-state index contributed by atoms with van der Waals surface area (Å²) in [4.78, 5) is 23.0. The van der Waals surface area contributed by atoms with Gasteiger partial charge in [-0.2, -0.15) is 0 Å². The molecule has 0 aliphatic heterocycles. The van der Waals surface area contributed by atoms with Crippen molar-refractivity contribution in [3.63, 3.8) is 0 Å². The van der Waals surface area contributed by atoms with E-state index in [9.17, 15) is 9.59 Å². The lowest BCUT2D eigenvalue weighted by molar-refractivity contribution is -0.151. The van der Waals surface area contributed by atoms with E-state index < -0.39 is 17.3 Å². The third-order valence-electron chi connectivity index (χ3n) is 3.21.